The Kier molecular flexibility index (Phi) is 10.5. The molecule has 1 atom stereocenters. The van der Waals surface area contributed by atoms with Crippen LogP contribution in [0.1, 0.15) is 27.2 Å². The molecule has 0 spiro atoms. The molecule has 0 radical (unpaired) electrons. The molecule has 0 aliphatic rings. The summed E-state index contributed by atoms with van der Waals surface area (Å²) in [7, 11) is 0. The number of hydrogen-bond acceptors (Lipinski definition) is 5. The van der Waals surface area contributed by atoms with Gasteiger partial charge in [0.05, 0.1) is 12.5 Å². The molecular weight excluding hydrogens is 531 g/mol. The van der Waals surface area contributed by atoms with Crippen LogP contribution in [0.4, 0.5) is 57.1 Å². The highest BCUT2D eigenvalue weighted by molar-refractivity contribution is 5.85. The van der Waals surface area contributed by atoms with Gasteiger partial charge in [-0.3, -0.25) is 9.59 Å². The van der Waals surface area contributed by atoms with Crippen molar-refractivity contribution in [2.24, 2.45) is 5.92 Å². The van der Waals surface area contributed by atoms with Crippen molar-refractivity contribution in [3.05, 3.63) is 0 Å². The zero-order chi connectivity index (χ0) is 28.3. The third-order valence-electron chi connectivity index (χ3n) is 4.32. The number of Topliss-reactive ketones (excluding diaryl/α,β-unsaturated/α-hetero) is 1. The Hall–Kier alpha value is -1.85. The molecule has 0 rings (SSSR count). The van der Waals surface area contributed by atoms with E-state index in [1.807, 2.05) is 0 Å². The fourth-order valence-corrected chi connectivity index (χ4v) is 2.50. The molecule has 0 saturated carbocycles. The Bertz CT molecular complexity index is 730. The van der Waals surface area contributed by atoms with Crippen molar-refractivity contribution >= 4 is 11.8 Å². The summed E-state index contributed by atoms with van der Waals surface area (Å²) < 4.78 is 188. The van der Waals surface area contributed by atoms with E-state index in [0.29, 0.717) is 6.92 Å². The smallest absolute Gasteiger partial charge is 0.460 e. The van der Waals surface area contributed by atoms with E-state index in [2.05, 4.69) is 14.2 Å². The zero-order valence-electron chi connectivity index (χ0n) is 17.9. The van der Waals surface area contributed by atoms with Crippen LogP contribution in [0.15, 0.2) is 0 Å². The van der Waals surface area contributed by atoms with Gasteiger partial charge in [-0.15, -0.1) is 0 Å². The van der Waals surface area contributed by atoms with E-state index in [1.165, 1.54) is 0 Å². The third kappa shape index (κ3) is 6.11. The van der Waals surface area contributed by atoms with Crippen LogP contribution >= 0.6 is 0 Å². The first kappa shape index (κ1) is 33.1. The average Bonchev–Trinajstić information content (AvgIpc) is 2.68. The Morgan fingerprint density at radius 1 is 0.686 bits per heavy atom. The van der Waals surface area contributed by atoms with Crippen LogP contribution in [0.5, 0.6) is 0 Å². The number of ether oxygens (including phenoxy) is 3. The molecule has 0 fully saturated rings. The van der Waals surface area contributed by atoms with Gasteiger partial charge in [0, 0.05) is 20.1 Å². The minimum Gasteiger partial charge on any atom is -0.466 e. The lowest BCUT2D eigenvalue weighted by Gasteiger charge is -2.41. The number of carbonyl (C=O) groups is 2. The second-order valence-electron chi connectivity index (χ2n) is 6.74. The quantitative estimate of drug-likeness (QED) is 0.168. The van der Waals surface area contributed by atoms with Crippen LogP contribution in [0, 0.1) is 5.92 Å². The lowest BCUT2D eigenvalue weighted by molar-refractivity contribution is -0.442. The summed E-state index contributed by atoms with van der Waals surface area (Å²) in [6, 6.07) is 0. The molecule has 208 valence electrons. The summed E-state index contributed by atoms with van der Waals surface area (Å²) in [6.45, 7) is 0.424. The number of esters is 1. The van der Waals surface area contributed by atoms with Crippen LogP contribution in [-0.2, 0) is 23.8 Å². The molecule has 0 aliphatic carbocycles. The predicted molar refractivity (Wildman–Crippen MR) is 87.6 cm³/mol. The molecule has 0 saturated heterocycles. The van der Waals surface area contributed by atoms with Gasteiger partial charge in [-0.05, 0) is 20.3 Å². The summed E-state index contributed by atoms with van der Waals surface area (Å²) in [6.07, 6.45) is -11.9. The van der Waals surface area contributed by atoms with Crippen molar-refractivity contribution in [3.63, 3.8) is 0 Å². The summed E-state index contributed by atoms with van der Waals surface area (Å²) in [5.41, 5.74) is 0. The molecular formula is C17H19F13O5. The van der Waals surface area contributed by atoms with E-state index < -0.39 is 86.0 Å². The maximum absolute atomic E-state index is 14.6. The highest BCUT2D eigenvalue weighted by Gasteiger charge is 2.91. The Labute approximate surface area is 188 Å². The van der Waals surface area contributed by atoms with Crippen molar-refractivity contribution in [2.75, 3.05) is 19.8 Å². The molecule has 0 aliphatic heterocycles. The van der Waals surface area contributed by atoms with Crippen molar-refractivity contribution in [3.8, 4) is 0 Å². The molecule has 0 bridgehead atoms. The van der Waals surface area contributed by atoms with Crippen molar-refractivity contribution in [2.45, 2.75) is 69.3 Å². The second kappa shape index (κ2) is 11.0. The molecule has 0 aromatic rings. The Balaban J connectivity index is 6.72. The minimum absolute atomic E-state index is 0.541. The third-order valence-corrected chi connectivity index (χ3v) is 4.32. The molecule has 0 heterocycles. The van der Waals surface area contributed by atoms with Gasteiger partial charge >= 0.3 is 41.8 Å². The van der Waals surface area contributed by atoms with Crippen LogP contribution in [-0.4, -0.2) is 73.7 Å². The van der Waals surface area contributed by atoms with Crippen LogP contribution < -0.4 is 0 Å². The maximum Gasteiger partial charge on any atom is 0.460 e. The number of rotatable bonds is 14. The number of halogens is 13. The zero-order valence-corrected chi connectivity index (χ0v) is 17.9. The number of hydrogen-bond donors (Lipinski definition) is 0. The molecule has 0 N–H and O–H groups in total. The fourth-order valence-electron chi connectivity index (χ4n) is 2.50. The van der Waals surface area contributed by atoms with Crippen LogP contribution in [0.3, 0.4) is 0 Å². The monoisotopic (exact) mass is 550 g/mol. The molecule has 5 nitrogen and oxygen atoms in total. The lowest BCUT2D eigenvalue weighted by Crippen LogP contribution is -2.71. The maximum atomic E-state index is 14.6. The van der Waals surface area contributed by atoms with Gasteiger partial charge in [0.15, 0.2) is 5.78 Å². The molecule has 0 aromatic carbocycles. The lowest BCUT2D eigenvalue weighted by atomic mass is 9.83. The molecule has 1 unspecified atom stereocenters. The first-order valence-corrected chi connectivity index (χ1v) is 9.35. The van der Waals surface area contributed by atoms with Gasteiger partial charge < -0.3 is 14.2 Å². The van der Waals surface area contributed by atoms with Crippen LogP contribution in [0.25, 0.3) is 0 Å². The van der Waals surface area contributed by atoms with Gasteiger partial charge in [0.1, 0.15) is 0 Å². The molecule has 0 amide bonds. The van der Waals surface area contributed by atoms with Gasteiger partial charge in [0.25, 0.3) is 0 Å². The van der Waals surface area contributed by atoms with Crippen molar-refractivity contribution in [1.82, 2.24) is 0 Å². The molecule has 18 heteroatoms. The largest absolute Gasteiger partial charge is 0.466 e. The first-order chi connectivity index (χ1) is 15.5. The van der Waals surface area contributed by atoms with E-state index in [1.54, 1.807) is 0 Å². The second-order valence-corrected chi connectivity index (χ2v) is 6.74. The van der Waals surface area contributed by atoms with E-state index >= 15 is 0 Å². The highest BCUT2D eigenvalue weighted by Crippen LogP contribution is 2.61. The van der Waals surface area contributed by atoms with Gasteiger partial charge in [-0.25, -0.2) is 0 Å². The van der Waals surface area contributed by atoms with E-state index in [4.69, 9.17) is 0 Å². The fraction of sp³-hybridized carbons (Fsp3) is 0.882. The molecule has 0 aromatic heterocycles. The Morgan fingerprint density at radius 2 is 1.09 bits per heavy atom. The average molecular weight is 550 g/mol. The molecule has 35 heavy (non-hydrogen) atoms. The summed E-state index contributed by atoms with van der Waals surface area (Å²) in [5, 5.41) is 0. The van der Waals surface area contributed by atoms with Gasteiger partial charge in [0.2, 0.25) is 6.29 Å². The highest BCUT2D eigenvalue weighted by atomic mass is 19.4. The van der Waals surface area contributed by atoms with Gasteiger partial charge in [-0.2, -0.15) is 57.1 Å². The minimum atomic E-state index is -8.12. The van der Waals surface area contributed by atoms with Crippen LogP contribution in [0.2, 0.25) is 0 Å². The Morgan fingerprint density at radius 3 is 1.43 bits per heavy atom. The van der Waals surface area contributed by atoms with Gasteiger partial charge in [-0.1, -0.05) is 0 Å². The van der Waals surface area contributed by atoms with E-state index in [0.717, 1.165) is 13.8 Å². The first-order valence-electron chi connectivity index (χ1n) is 9.35. The van der Waals surface area contributed by atoms with Crippen molar-refractivity contribution < 1.29 is 80.9 Å². The standard InChI is InChI=1S/C17H19F13O5/c1-4-33-11(34-5-2)10(32)9(6-7-35-8(3)31)12(18,19)13(20,21)14(22,23)15(24,25)16(26,27)17(28,29)30/h9,11H,4-7H2,1-3H3. The number of alkyl halides is 13. The van der Waals surface area contributed by atoms with Crippen molar-refractivity contribution in [1.29, 1.82) is 0 Å². The van der Waals surface area contributed by atoms with E-state index in [-0.39, 0.29) is 0 Å². The van der Waals surface area contributed by atoms with E-state index in [9.17, 15) is 66.7 Å². The summed E-state index contributed by atoms with van der Waals surface area (Å²) >= 11 is 0. The normalized spacial score (nSPS) is 15.3. The predicted octanol–water partition coefficient (Wildman–Crippen LogP) is 5.26. The number of carbonyl (C=O) groups excluding carboxylic acids is 2. The summed E-state index contributed by atoms with van der Waals surface area (Å²) in [5.74, 6) is -45.9. The topological polar surface area (TPSA) is 61.8 Å². The summed E-state index contributed by atoms with van der Waals surface area (Å²) in [4.78, 5) is 23.1. The SMILES string of the molecule is CCOC(OCC)C(=O)C(CCOC(C)=O)C(F)(F)C(F)(F)C(F)(F)C(F)(F)C(F)(F)C(F)(F)F. The number of ketones is 1.